The van der Waals surface area contributed by atoms with Crippen LogP contribution in [0.1, 0.15) is 26.5 Å². The molecule has 5 heteroatoms. The highest BCUT2D eigenvalue weighted by atomic mass is 15.2. The molecule has 1 atom stereocenters. The zero-order chi connectivity index (χ0) is 14.9. The highest BCUT2D eigenvalue weighted by Gasteiger charge is 2.27. The lowest BCUT2D eigenvalue weighted by Crippen LogP contribution is -2.41. The number of aromatic nitrogens is 3. The third-order valence-corrected chi connectivity index (χ3v) is 3.76. The van der Waals surface area contributed by atoms with Gasteiger partial charge in [-0.05, 0) is 39.4 Å². The molecule has 0 fully saturated rings. The lowest BCUT2D eigenvalue weighted by molar-refractivity contribution is 0.217. The summed E-state index contributed by atoms with van der Waals surface area (Å²) in [7, 11) is 4.21. The van der Waals surface area contributed by atoms with E-state index in [1.54, 1.807) is 6.20 Å². The quantitative estimate of drug-likeness (QED) is 0.910. The van der Waals surface area contributed by atoms with Crippen LogP contribution >= 0.6 is 0 Å². The molecule has 0 saturated heterocycles. The van der Waals surface area contributed by atoms with Crippen molar-refractivity contribution in [3.63, 3.8) is 0 Å². The number of aryl methyl sites for hydroxylation is 1. The largest absolute Gasteiger partial charge is 0.365 e. The summed E-state index contributed by atoms with van der Waals surface area (Å²) >= 11 is 0. The topological polar surface area (TPSA) is 45.5 Å². The third kappa shape index (κ3) is 3.10. The SMILES string of the molecule is Cc1cc2c(NC(C)C(C)(C)CN(C)C)nccn2n1. The average Bonchev–Trinajstić information content (AvgIpc) is 2.68. The van der Waals surface area contributed by atoms with Crippen molar-refractivity contribution in [1.82, 2.24) is 19.5 Å². The molecule has 20 heavy (non-hydrogen) atoms. The molecule has 5 nitrogen and oxygen atoms in total. The van der Waals surface area contributed by atoms with E-state index in [4.69, 9.17) is 0 Å². The predicted molar refractivity (Wildman–Crippen MR) is 83.1 cm³/mol. The molecule has 0 spiro atoms. The summed E-state index contributed by atoms with van der Waals surface area (Å²) in [5.74, 6) is 0.896. The van der Waals surface area contributed by atoms with E-state index in [0.29, 0.717) is 6.04 Å². The highest BCUT2D eigenvalue weighted by molar-refractivity contribution is 5.68. The van der Waals surface area contributed by atoms with E-state index in [9.17, 15) is 0 Å². The van der Waals surface area contributed by atoms with Crippen LogP contribution in [0.4, 0.5) is 5.82 Å². The molecular weight excluding hydrogens is 250 g/mol. The fraction of sp³-hybridized carbons (Fsp3) is 0.600. The number of anilines is 1. The number of hydrogen-bond donors (Lipinski definition) is 1. The maximum Gasteiger partial charge on any atom is 0.152 e. The molecule has 0 saturated carbocycles. The summed E-state index contributed by atoms with van der Waals surface area (Å²) in [6, 6.07) is 2.36. The van der Waals surface area contributed by atoms with E-state index in [-0.39, 0.29) is 5.41 Å². The van der Waals surface area contributed by atoms with Crippen molar-refractivity contribution in [3.05, 3.63) is 24.2 Å². The van der Waals surface area contributed by atoms with Crippen LogP contribution in [0.2, 0.25) is 0 Å². The molecule has 2 aromatic heterocycles. The number of nitrogens with zero attached hydrogens (tertiary/aromatic N) is 4. The first kappa shape index (κ1) is 14.8. The fourth-order valence-electron chi connectivity index (χ4n) is 2.51. The Labute approximate surface area is 121 Å². The van der Waals surface area contributed by atoms with E-state index in [1.807, 2.05) is 17.6 Å². The number of rotatable bonds is 5. The summed E-state index contributed by atoms with van der Waals surface area (Å²) in [5.41, 5.74) is 2.17. The van der Waals surface area contributed by atoms with Crippen LogP contribution in [0.25, 0.3) is 5.52 Å². The maximum atomic E-state index is 4.47. The van der Waals surface area contributed by atoms with Gasteiger partial charge in [0.25, 0.3) is 0 Å². The maximum absolute atomic E-state index is 4.47. The highest BCUT2D eigenvalue weighted by Crippen LogP contribution is 2.25. The zero-order valence-electron chi connectivity index (χ0n) is 13.3. The smallest absolute Gasteiger partial charge is 0.152 e. The van der Waals surface area contributed by atoms with Crippen LogP contribution < -0.4 is 5.32 Å². The molecule has 2 aromatic rings. The monoisotopic (exact) mass is 275 g/mol. The molecule has 0 radical (unpaired) electrons. The second-order valence-electron chi connectivity index (χ2n) is 6.48. The molecule has 0 amide bonds. The van der Waals surface area contributed by atoms with Crippen molar-refractivity contribution in [2.24, 2.45) is 5.41 Å². The van der Waals surface area contributed by atoms with E-state index in [1.165, 1.54) is 0 Å². The van der Waals surface area contributed by atoms with Crippen molar-refractivity contribution in [3.8, 4) is 0 Å². The Bertz CT molecular complexity index is 585. The van der Waals surface area contributed by atoms with Crippen LogP contribution in [0.15, 0.2) is 18.5 Å². The Morgan fingerprint density at radius 2 is 2.10 bits per heavy atom. The van der Waals surface area contributed by atoms with E-state index >= 15 is 0 Å². The number of hydrogen-bond acceptors (Lipinski definition) is 4. The second-order valence-corrected chi connectivity index (χ2v) is 6.48. The van der Waals surface area contributed by atoms with Gasteiger partial charge in [0.05, 0.1) is 5.69 Å². The minimum Gasteiger partial charge on any atom is -0.365 e. The normalized spacial score (nSPS) is 13.9. The minimum absolute atomic E-state index is 0.146. The molecule has 0 aliphatic carbocycles. The molecule has 0 aromatic carbocycles. The lowest BCUT2D eigenvalue weighted by atomic mass is 9.85. The molecule has 1 N–H and O–H groups in total. The van der Waals surface area contributed by atoms with Gasteiger partial charge < -0.3 is 10.2 Å². The van der Waals surface area contributed by atoms with Crippen LogP contribution in [0.5, 0.6) is 0 Å². The van der Waals surface area contributed by atoms with Crippen LogP contribution in [0.3, 0.4) is 0 Å². The van der Waals surface area contributed by atoms with Gasteiger partial charge >= 0.3 is 0 Å². The molecular formula is C15H25N5. The lowest BCUT2D eigenvalue weighted by Gasteiger charge is -2.35. The van der Waals surface area contributed by atoms with Gasteiger partial charge in [-0.25, -0.2) is 9.50 Å². The van der Waals surface area contributed by atoms with E-state index in [2.05, 4.69) is 61.2 Å². The average molecular weight is 275 g/mol. The van der Waals surface area contributed by atoms with Crippen LogP contribution in [0, 0.1) is 12.3 Å². The van der Waals surface area contributed by atoms with Crippen LogP contribution in [-0.4, -0.2) is 46.2 Å². The number of fused-ring (bicyclic) bond motifs is 1. The molecule has 0 aliphatic rings. The van der Waals surface area contributed by atoms with Gasteiger partial charge in [-0.15, -0.1) is 0 Å². The van der Waals surface area contributed by atoms with E-state index in [0.717, 1.165) is 23.6 Å². The summed E-state index contributed by atoms with van der Waals surface area (Å²) < 4.78 is 1.87. The first-order valence-corrected chi connectivity index (χ1v) is 7.02. The van der Waals surface area contributed by atoms with Crippen molar-refractivity contribution >= 4 is 11.3 Å². The van der Waals surface area contributed by atoms with Gasteiger partial charge in [0.1, 0.15) is 5.52 Å². The zero-order valence-corrected chi connectivity index (χ0v) is 13.3. The second kappa shape index (κ2) is 5.40. The van der Waals surface area contributed by atoms with Crippen molar-refractivity contribution < 1.29 is 0 Å². The Kier molecular flexibility index (Phi) is 3.99. The van der Waals surface area contributed by atoms with Crippen molar-refractivity contribution in [2.45, 2.75) is 33.7 Å². The summed E-state index contributed by atoms with van der Waals surface area (Å²) in [4.78, 5) is 6.68. The van der Waals surface area contributed by atoms with Crippen molar-refractivity contribution in [2.75, 3.05) is 26.0 Å². The Hall–Kier alpha value is -1.62. The standard InChI is InChI=1S/C15H25N5/c1-11-9-13-14(16-7-8-20(13)18-11)17-12(2)15(3,4)10-19(5)6/h7-9,12H,10H2,1-6H3,(H,16,17). The van der Waals surface area contributed by atoms with Gasteiger partial charge in [0.2, 0.25) is 0 Å². The number of nitrogens with one attached hydrogen (secondary N) is 1. The minimum atomic E-state index is 0.146. The van der Waals surface area contributed by atoms with E-state index < -0.39 is 0 Å². The summed E-state index contributed by atoms with van der Waals surface area (Å²) in [5, 5.41) is 7.97. The van der Waals surface area contributed by atoms with Gasteiger partial charge in [-0.1, -0.05) is 13.8 Å². The van der Waals surface area contributed by atoms with Gasteiger partial charge in [0, 0.05) is 25.0 Å². The first-order chi connectivity index (χ1) is 9.29. The van der Waals surface area contributed by atoms with Crippen LogP contribution in [-0.2, 0) is 0 Å². The predicted octanol–water partition coefficient (Wildman–Crippen LogP) is 2.43. The summed E-state index contributed by atoms with van der Waals surface area (Å²) in [6.45, 7) is 9.76. The molecule has 1 unspecified atom stereocenters. The third-order valence-electron chi connectivity index (χ3n) is 3.76. The van der Waals surface area contributed by atoms with Gasteiger partial charge in [-0.3, -0.25) is 0 Å². The molecule has 0 bridgehead atoms. The van der Waals surface area contributed by atoms with Crippen molar-refractivity contribution in [1.29, 1.82) is 0 Å². The molecule has 2 rings (SSSR count). The molecule has 2 heterocycles. The Morgan fingerprint density at radius 3 is 2.75 bits per heavy atom. The Morgan fingerprint density at radius 1 is 1.40 bits per heavy atom. The molecule has 110 valence electrons. The summed E-state index contributed by atoms with van der Waals surface area (Å²) in [6.07, 6.45) is 3.66. The van der Waals surface area contributed by atoms with Gasteiger partial charge in [0.15, 0.2) is 5.82 Å². The first-order valence-electron chi connectivity index (χ1n) is 7.02. The fourth-order valence-corrected chi connectivity index (χ4v) is 2.51. The molecule has 0 aliphatic heterocycles. The Balaban J connectivity index is 2.23. The van der Waals surface area contributed by atoms with Gasteiger partial charge in [-0.2, -0.15) is 5.10 Å².